The van der Waals surface area contributed by atoms with Crippen LogP contribution in [0.5, 0.6) is 0 Å². The lowest BCUT2D eigenvalue weighted by molar-refractivity contribution is -0.140. The number of rotatable bonds is 6. The second-order valence-corrected chi connectivity index (χ2v) is 3.49. The SMILES string of the molecule is CCCn1cc(C(=O)CCC(=O)OC)cn1. The first-order valence-electron chi connectivity index (χ1n) is 5.29. The van der Waals surface area contributed by atoms with Gasteiger partial charge in [0, 0.05) is 19.2 Å². The fourth-order valence-corrected chi connectivity index (χ4v) is 1.32. The van der Waals surface area contributed by atoms with E-state index >= 15 is 0 Å². The van der Waals surface area contributed by atoms with Gasteiger partial charge in [-0.05, 0) is 6.42 Å². The Morgan fingerprint density at radius 1 is 1.44 bits per heavy atom. The zero-order valence-electron chi connectivity index (χ0n) is 9.60. The number of carbonyl (C=O) groups excluding carboxylic acids is 2. The van der Waals surface area contributed by atoms with E-state index in [1.807, 2.05) is 6.92 Å². The third-order valence-electron chi connectivity index (χ3n) is 2.19. The standard InChI is InChI=1S/C11H16N2O3/c1-3-6-13-8-9(7-12-13)10(14)4-5-11(15)16-2/h7-8H,3-6H2,1-2H3. The molecule has 1 rings (SSSR count). The molecule has 0 atom stereocenters. The Morgan fingerprint density at radius 2 is 2.19 bits per heavy atom. The number of Topliss-reactive ketones (excluding diaryl/α,β-unsaturated/α-hetero) is 1. The van der Waals surface area contributed by atoms with Gasteiger partial charge >= 0.3 is 5.97 Å². The van der Waals surface area contributed by atoms with Crippen molar-refractivity contribution in [3.8, 4) is 0 Å². The van der Waals surface area contributed by atoms with Gasteiger partial charge in [-0.25, -0.2) is 0 Å². The quantitative estimate of drug-likeness (QED) is 0.541. The summed E-state index contributed by atoms with van der Waals surface area (Å²) in [5, 5.41) is 4.05. The first-order chi connectivity index (χ1) is 7.67. The lowest BCUT2D eigenvalue weighted by Crippen LogP contribution is -2.05. The molecule has 0 bridgehead atoms. The van der Waals surface area contributed by atoms with Crippen molar-refractivity contribution in [1.82, 2.24) is 9.78 Å². The average Bonchev–Trinajstić information content (AvgIpc) is 2.74. The van der Waals surface area contributed by atoms with Crippen LogP contribution in [0.4, 0.5) is 0 Å². The molecule has 0 fully saturated rings. The summed E-state index contributed by atoms with van der Waals surface area (Å²) >= 11 is 0. The molecule has 0 amide bonds. The third kappa shape index (κ3) is 3.49. The summed E-state index contributed by atoms with van der Waals surface area (Å²) in [5.74, 6) is -0.443. The van der Waals surface area contributed by atoms with Gasteiger partial charge in [-0.3, -0.25) is 14.3 Å². The van der Waals surface area contributed by atoms with Crippen LogP contribution in [0, 0.1) is 0 Å². The summed E-state index contributed by atoms with van der Waals surface area (Å²) < 4.78 is 6.20. The lowest BCUT2D eigenvalue weighted by Gasteiger charge is -1.97. The molecular formula is C11H16N2O3. The van der Waals surface area contributed by atoms with Crippen LogP contribution in [0.3, 0.4) is 0 Å². The molecule has 88 valence electrons. The third-order valence-corrected chi connectivity index (χ3v) is 2.19. The van der Waals surface area contributed by atoms with E-state index in [1.54, 1.807) is 10.9 Å². The molecule has 0 saturated carbocycles. The first-order valence-corrected chi connectivity index (χ1v) is 5.29. The summed E-state index contributed by atoms with van der Waals surface area (Å²) in [6, 6.07) is 0. The van der Waals surface area contributed by atoms with E-state index in [2.05, 4.69) is 9.84 Å². The van der Waals surface area contributed by atoms with Crippen LogP contribution in [-0.4, -0.2) is 28.6 Å². The van der Waals surface area contributed by atoms with Gasteiger partial charge in [0.15, 0.2) is 5.78 Å². The molecule has 0 aliphatic heterocycles. The Balaban J connectivity index is 2.49. The summed E-state index contributed by atoms with van der Waals surface area (Å²) in [6.45, 7) is 2.84. The Labute approximate surface area is 94.4 Å². The fourth-order valence-electron chi connectivity index (χ4n) is 1.32. The minimum atomic E-state index is -0.366. The molecule has 0 N–H and O–H groups in total. The number of methoxy groups -OCH3 is 1. The van der Waals surface area contributed by atoms with E-state index in [1.165, 1.54) is 13.3 Å². The molecular weight excluding hydrogens is 208 g/mol. The van der Waals surface area contributed by atoms with Gasteiger partial charge in [0.1, 0.15) is 0 Å². The van der Waals surface area contributed by atoms with Crippen molar-refractivity contribution in [3.05, 3.63) is 18.0 Å². The number of esters is 1. The zero-order chi connectivity index (χ0) is 12.0. The van der Waals surface area contributed by atoms with Crippen LogP contribution >= 0.6 is 0 Å². The number of hydrogen-bond donors (Lipinski definition) is 0. The first kappa shape index (κ1) is 12.4. The van der Waals surface area contributed by atoms with E-state index in [-0.39, 0.29) is 24.6 Å². The topological polar surface area (TPSA) is 61.2 Å². The predicted octanol–water partition coefficient (Wildman–Crippen LogP) is 1.43. The lowest BCUT2D eigenvalue weighted by atomic mass is 10.1. The van der Waals surface area contributed by atoms with E-state index < -0.39 is 0 Å². The van der Waals surface area contributed by atoms with Crippen LogP contribution in [0.1, 0.15) is 36.5 Å². The molecule has 16 heavy (non-hydrogen) atoms. The van der Waals surface area contributed by atoms with Gasteiger partial charge in [0.05, 0.1) is 25.3 Å². The van der Waals surface area contributed by atoms with Crippen molar-refractivity contribution < 1.29 is 14.3 Å². The molecule has 0 radical (unpaired) electrons. The van der Waals surface area contributed by atoms with Gasteiger partial charge in [-0.2, -0.15) is 5.10 Å². The van der Waals surface area contributed by atoms with Crippen molar-refractivity contribution in [2.24, 2.45) is 0 Å². The maximum Gasteiger partial charge on any atom is 0.305 e. The van der Waals surface area contributed by atoms with Crippen molar-refractivity contribution in [2.45, 2.75) is 32.7 Å². The number of ketones is 1. The molecule has 0 aliphatic rings. The molecule has 1 aromatic heterocycles. The second kappa shape index (κ2) is 6.05. The van der Waals surface area contributed by atoms with Crippen LogP contribution in [0.15, 0.2) is 12.4 Å². The molecule has 0 unspecified atom stereocenters. The van der Waals surface area contributed by atoms with Crippen molar-refractivity contribution >= 4 is 11.8 Å². The Morgan fingerprint density at radius 3 is 2.81 bits per heavy atom. The average molecular weight is 224 g/mol. The Bertz CT molecular complexity index is 371. The molecule has 1 heterocycles. The highest BCUT2D eigenvalue weighted by atomic mass is 16.5. The molecule has 5 heteroatoms. The van der Waals surface area contributed by atoms with Crippen molar-refractivity contribution in [1.29, 1.82) is 0 Å². The molecule has 1 aromatic rings. The van der Waals surface area contributed by atoms with Crippen molar-refractivity contribution in [3.63, 3.8) is 0 Å². The van der Waals surface area contributed by atoms with Crippen LogP contribution in [0.2, 0.25) is 0 Å². The molecule has 5 nitrogen and oxygen atoms in total. The van der Waals surface area contributed by atoms with Gasteiger partial charge in [0.25, 0.3) is 0 Å². The highest BCUT2D eigenvalue weighted by Crippen LogP contribution is 2.05. The van der Waals surface area contributed by atoms with Gasteiger partial charge < -0.3 is 4.74 Å². The summed E-state index contributed by atoms with van der Waals surface area (Å²) in [5.41, 5.74) is 0.553. The van der Waals surface area contributed by atoms with E-state index in [9.17, 15) is 9.59 Å². The molecule has 0 spiro atoms. The van der Waals surface area contributed by atoms with E-state index in [0.717, 1.165) is 13.0 Å². The number of hydrogen-bond acceptors (Lipinski definition) is 4. The normalized spacial score (nSPS) is 10.1. The fraction of sp³-hybridized carbons (Fsp3) is 0.545. The highest BCUT2D eigenvalue weighted by Gasteiger charge is 2.11. The summed E-state index contributed by atoms with van der Waals surface area (Å²) in [4.78, 5) is 22.5. The van der Waals surface area contributed by atoms with Crippen LogP contribution < -0.4 is 0 Å². The van der Waals surface area contributed by atoms with E-state index in [0.29, 0.717) is 5.56 Å². The monoisotopic (exact) mass is 224 g/mol. The van der Waals surface area contributed by atoms with E-state index in [4.69, 9.17) is 0 Å². The number of aromatic nitrogens is 2. The summed E-state index contributed by atoms with van der Waals surface area (Å²) in [6.07, 6.45) is 4.51. The van der Waals surface area contributed by atoms with Crippen LogP contribution in [-0.2, 0) is 16.1 Å². The Kier molecular flexibility index (Phi) is 4.69. The smallest absolute Gasteiger partial charge is 0.305 e. The number of carbonyl (C=O) groups is 2. The highest BCUT2D eigenvalue weighted by molar-refractivity contribution is 5.97. The number of nitrogens with zero attached hydrogens (tertiary/aromatic N) is 2. The molecule has 0 saturated heterocycles. The van der Waals surface area contributed by atoms with Crippen molar-refractivity contribution in [2.75, 3.05) is 7.11 Å². The minimum Gasteiger partial charge on any atom is -0.469 e. The molecule has 0 aliphatic carbocycles. The van der Waals surface area contributed by atoms with Gasteiger partial charge in [-0.1, -0.05) is 6.92 Å². The maximum atomic E-state index is 11.6. The number of aryl methyl sites for hydroxylation is 1. The number of ether oxygens (including phenoxy) is 1. The van der Waals surface area contributed by atoms with Crippen LogP contribution in [0.25, 0.3) is 0 Å². The minimum absolute atomic E-state index is 0.0762. The zero-order valence-corrected chi connectivity index (χ0v) is 9.60. The predicted molar refractivity (Wildman–Crippen MR) is 58.1 cm³/mol. The second-order valence-electron chi connectivity index (χ2n) is 3.49. The van der Waals surface area contributed by atoms with Gasteiger partial charge in [0.2, 0.25) is 0 Å². The Hall–Kier alpha value is -1.65. The maximum absolute atomic E-state index is 11.6. The largest absolute Gasteiger partial charge is 0.469 e. The van der Waals surface area contributed by atoms with Gasteiger partial charge in [-0.15, -0.1) is 0 Å². The summed E-state index contributed by atoms with van der Waals surface area (Å²) in [7, 11) is 1.31. The molecule has 0 aromatic carbocycles.